The largest absolute Gasteiger partial charge is 0.497 e. The van der Waals surface area contributed by atoms with Gasteiger partial charge in [0.2, 0.25) is 0 Å². The molecule has 4 rings (SSSR count). The number of likely N-dealkylation sites (N-methyl/N-ethyl adjacent to an activating group) is 1. The zero-order valence-corrected chi connectivity index (χ0v) is 14.1. The summed E-state index contributed by atoms with van der Waals surface area (Å²) in [7, 11) is 3.82. The fourth-order valence-corrected chi connectivity index (χ4v) is 4.02. The number of methoxy groups -OCH3 is 1. The molecule has 0 aromatic heterocycles. The summed E-state index contributed by atoms with van der Waals surface area (Å²) >= 11 is 0. The Kier molecular flexibility index (Phi) is 3.77. The maximum atomic E-state index is 12.6. The second-order valence-corrected chi connectivity index (χ2v) is 6.83. The van der Waals surface area contributed by atoms with Gasteiger partial charge < -0.3 is 15.0 Å². The molecule has 2 aromatic rings. The SMILES string of the molecule is COc1cccc(-c2ccc3c(c2)C(=O)NC[C@H]2CN(C)C[C@H]32)c1. The quantitative estimate of drug-likeness (QED) is 0.924. The highest BCUT2D eigenvalue weighted by Gasteiger charge is 2.36. The molecular formula is C20H22N2O2. The predicted octanol–water partition coefficient (Wildman–Crippen LogP) is 2.75. The molecule has 1 fully saturated rings. The van der Waals surface area contributed by atoms with E-state index in [1.54, 1.807) is 7.11 Å². The van der Waals surface area contributed by atoms with E-state index < -0.39 is 0 Å². The monoisotopic (exact) mass is 322 g/mol. The van der Waals surface area contributed by atoms with Crippen molar-refractivity contribution in [1.29, 1.82) is 0 Å². The topological polar surface area (TPSA) is 41.6 Å². The number of carbonyl (C=O) groups is 1. The van der Waals surface area contributed by atoms with Crippen molar-refractivity contribution >= 4 is 5.91 Å². The van der Waals surface area contributed by atoms with Crippen LogP contribution in [0, 0.1) is 5.92 Å². The lowest BCUT2D eigenvalue weighted by molar-refractivity contribution is 0.0951. The summed E-state index contributed by atoms with van der Waals surface area (Å²) in [6.07, 6.45) is 0. The van der Waals surface area contributed by atoms with E-state index in [1.807, 2.05) is 30.3 Å². The van der Waals surface area contributed by atoms with Crippen LogP contribution in [-0.2, 0) is 0 Å². The van der Waals surface area contributed by atoms with Gasteiger partial charge in [0.1, 0.15) is 5.75 Å². The minimum Gasteiger partial charge on any atom is -0.497 e. The average Bonchev–Trinajstić information content (AvgIpc) is 2.94. The van der Waals surface area contributed by atoms with Gasteiger partial charge in [-0.05, 0) is 47.9 Å². The molecule has 0 aliphatic carbocycles. The van der Waals surface area contributed by atoms with Gasteiger partial charge in [0.05, 0.1) is 7.11 Å². The number of nitrogens with zero attached hydrogens (tertiary/aromatic N) is 1. The Hall–Kier alpha value is -2.33. The van der Waals surface area contributed by atoms with Gasteiger partial charge in [0, 0.05) is 31.1 Å². The second kappa shape index (κ2) is 5.95. The van der Waals surface area contributed by atoms with E-state index in [2.05, 4.69) is 29.4 Å². The van der Waals surface area contributed by atoms with Crippen molar-refractivity contribution in [3.8, 4) is 16.9 Å². The molecule has 0 bridgehead atoms. The lowest BCUT2D eigenvalue weighted by Crippen LogP contribution is -2.29. The van der Waals surface area contributed by atoms with Crippen LogP contribution in [0.5, 0.6) is 5.75 Å². The van der Waals surface area contributed by atoms with Crippen molar-refractivity contribution in [3.63, 3.8) is 0 Å². The number of rotatable bonds is 2. The van der Waals surface area contributed by atoms with Crippen LogP contribution in [0.1, 0.15) is 21.8 Å². The Labute approximate surface area is 142 Å². The summed E-state index contributed by atoms with van der Waals surface area (Å²) in [6, 6.07) is 14.3. The zero-order valence-electron chi connectivity index (χ0n) is 14.1. The van der Waals surface area contributed by atoms with Crippen molar-refractivity contribution in [2.75, 3.05) is 33.8 Å². The minimum absolute atomic E-state index is 0.0480. The Morgan fingerprint density at radius 1 is 1.12 bits per heavy atom. The van der Waals surface area contributed by atoms with Crippen molar-refractivity contribution in [2.24, 2.45) is 5.92 Å². The number of likely N-dealkylation sites (tertiary alicyclic amines) is 1. The Bertz CT molecular complexity index is 787. The number of nitrogens with one attached hydrogen (secondary N) is 1. The molecule has 124 valence electrons. The maximum Gasteiger partial charge on any atom is 0.251 e. The second-order valence-electron chi connectivity index (χ2n) is 6.83. The van der Waals surface area contributed by atoms with E-state index in [4.69, 9.17) is 4.74 Å². The first-order chi connectivity index (χ1) is 11.7. The molecule has 2 atom stereocenters. The van der Waals surface area contributed by atoms with Crippen LogP contribution in [0.15, 0.2) is 42.5 Å². The van der Waals surface area contributed by atoms with Gasteiger partial charge in [0.25, 0.3) is 5.91 Å². The molecule has 0 spiro atoms. The van der Waals surface area contributed by atoms with Crippen LogP contribution in [0.3, 0.4) is 0 Å². The van der Waals surface area contributed by atoms with Crippen LogP contribution < -0.4 is 10.1 Å². The van der Waals surface area contributed by atoms with Crippen molar-refractivity contribution in [1.82, 2.24) is 10.2 Å². The first-order valence-electron chi connectivity index (χ1n) is 8.41. The van der Waals surface area contributed by atoms with Gasteiger partial charge in [-0.2, -0.15) is 0 Å². The molecule has 4 heteroatoms. The van der Waals surface area contributed by atoms with Gasteiger partial charge in [0.15, 0.2) is 0 Å². The Balaban J connectivity index is 1.77. The van der Waals surface area contributed by atoms with E-state index in [0.29, 0.717) is 11.8 Å². The normalized spacial score (nSPS) is 23.2. The number of fused-ring (bicyclic) bond motifs is 3. The molecule has 2 aromatic carbocycles. The molecule has 0 unspecified atom stereocenters. The van der Waals surface area contributed by atoms with Crippen molar-refractivity contribution in [2.45, 2.75) is 5.92 Å². The highest BCUT2D eigenvalue weighted by atomic mass is 16.5. The number of hydrogen-bond acceptors (Lipinski definition) is 3. The Morgan fingerprint density at radius 2 is 1.96 bits per heavy atom. The van der Waals surface area contributed by atoms with Gasteiger partial charge in [-0.1, -0.05) is 24.3 Å². The summed E-state index contributed by atoms with van der Waals surface area (Å²) < 4.78 is 5.31. The average molecular weight is 322 g/mol. The summed E-state index contributed by atoms with van der Waals surface area (Å²) in [5, 5.41) is 3.10. The molecule has 4 nitrogen and oxygen atoms in total. The smallest absolute Gasteiger partial charge is 0.251 e. The third-order valence-corrected chi connectivity index (χ3v) is 5.25. The number of amides is 1. The van der Waals surface area contributed by atoms with Gasteiger partial charge in [-0.25, -0.2) is 0 Å². The summed E-state index contributed by atoms with van der Waals surface area (Å²) in [5.74, 6) is 1.81. The minimum atomic E-state index is 0.0480. The molecule has 0 saturated carbocycles. The third kappa shape index (κ3) is 2.57. The van der Waals surface area contributed by atoms with Crippen LogP contribution >= 0.6 is 0 Å². The zero-order chi connectivity index (χ0) is 16.7. The van der Waals surface area contributed by atoms with E-state index in [9.17, 15) is 4.79 Å². The van der Waals surface area contributed by atoms with Crippen LogP contribution in [-0.4, -0.2) is 44.6 Å². The van der Waals surface area contributed by atoms with Crippen LogP contribution in [0.2, 0.25) is 0 Å². The summed E-state index contributed by atoms with van der Waals surface area (Å²) in [5.41, 5.74) is 4.12. The van der Waals surface area contributed by atoms with Crippen LogP contribution in [0.25, 0.3) is 11.1 Å². The summed E-state index contributed by atoms with van der Waals surface area (Å²) in [6.45, 7) is 2.82. The fourth-order valence-electron chi connectivity index (χ4n) is 4.02. The molecule has 24 heavy (non-hydrogen) atoms. The highest BCUT2D eigenvalue weighted by Crippen LogP contribution is 2.37. The molecule has 1 amide bonds. The molecule has 0 radical (unpaired) electrons. The molecular weight excluding hydrogens is 300 g/mol. The Morgan fingerprint density at radius 3 is 2.79 bits per heavy atom. The van der Waals surface area contributed by atoms with E-state index >= 15 is 0 Å². The van der Waals surface area contributed by atoms with Crippen molar-refractivity contribution in [3.05, 3.63) is 53.6 Å². The number of carbonyl (C=O) groups excluding carboxylic acids is 1. The van der Waals surface area contributed by atoms with Gasteiger partial charge in [-0.15, -0.1) is 0 Å². The van der Waals surface area contributed by atoms with E-state index in [0.717, 1.165) is 42.1 Å². The van der Waals surface area contributed by atoms with E-state index in [-0.39, 0.29) is 5.91 Å². The maximum absolute atomic E-state index is 12.6. The standard InChI is InChI=1S/C20H22N2O2/c1-22-11-15-10-21-20(23)18-9-14(6-7-17(18)19(15)12-22)13-4-3-5-16(8-13)24-2/h3-9,15,19H,10-12H2,1-2H3,(H,21,23)/t15-,19-/m0/s1. The first kappa shape index (κ1) is 15.2. The van der Waals surface area contributed by atoms with Crippen molar-refractivity contribution < 1.29 is 9.53 Å². The molecule has 2 aliphatic heterocycles. The lowest BCUT2D eigenvalue weighted by Gasteiger charge is -2.17. The first-order valence-corrected chi connectivity index (χ1v) is 8.41. The molecule has 1 N–H and O–H groups in total. The highest BCUT2D eigenvalue weighted by molar-refractivity contribution is 5.97. The molecule has 2 heterocycles. The van der Waals surface area contributed by atoms with E-state index in [1.165, 1.54) is 5.56 Å². The number of ether oxygens (including phenoxy) is 1. The predicted molar refractivity (Wildman–Crippen MR) is 94.5 cm³/mol. The summed E-state index contributed by atoms with van der Waals surface area (Å²) in [4.78, 5) is 14.9. The number of benzene rings is 2. The third-order valence-electron chi connectivity index (χ3n) is 5.25. The van der Waals surface area contributed by atoms with Crippen LogP contribution in [0.4, 0.5) is 0 Å². The number of hydrogen-bond donors (Lipinski definition) is 1. The van der Waals surface area contributed by atoms with Gasteiger partial charge in [-0.3, -0.25) is 4.79 Å². The molecule has 2 aliphatic rings. The lowest BCUT2D eigenvalue weighted by atomic mass is 9.86. The molecule has 1 saturated heterocycles. The van der Waals surface area contributed by atoms with Gasteiger partial charge >= 0.3 is 0 Å². The fraction of sp³-hybridized carbons (Fsp3) is 0.350.